The number of nitrogens with zero attached hydrogens (tertiary/aromatic N) is 5. The Balaban J connectivity index is 2.51. The molecule has 9 heteroatoms. The summed E-state index contributed by atoms with van der Waals surface area (Å²) in [6.07, 6.45) is 1.73. The zero-order valence-electron chi connectivity index (χ0n) is 11.6. The van der Waals surface area contributed by atoms with Gasteiger partial charge >= 0.3 is 5.69 Å². The highest BCUT2D eigenvalue weighted by molar-refractivity contribution is 5.68. The van der Waals surface area contributed by atoms with Crippen LogP contribution in [0.15, 0.2) is 6.20 Å². The standard InChI is InChI=1S/C11H15N7O2/c1-6-8(5-17(4)16-6)14-10-9(18(19)20)7(2)13-11(12-3)15-10/h5H,1-4H3,(H2,12,13,14,15). The molecule has 0 fully saturated rings. The van der Waals surface area contributed by atoms with Crippen LogP contribution in [-0.2, 0) is 7.05 Å². The van der Waals surface area contributed by atoms with Gasteiger partial charge in [-0.1, -0.05) is 0 Å². The summed E-state index contributed by atoms with van der Waals surface area (Å²) < 4.78 is 1.62. The first-order valence-corrected chi connectivity index (χ1v) is 5.90. The quantitative estimate of drug-likeness (QED) is 0.643. The van der Waals surface area contributed by atoms with E-state index in [9.17, 15) is 10.1 Å². The Bertz CT molecular complexity index is 665. The van der Waals surface area contributed by atoms with Gasteiger partial charge in [-0.2, -0.15) is 10.1 Å². The van der Waals surface area contributed by atoms with Crippen molar-refractivity contribution >= 4 is 23.1 Å². The van der Waals surface area contributed by atoms with Gasteiger partial charge in [0.15, 0.2) is 0 Å². The molecule has 0 bridgehead atoms. The number of hydrogen-bond acceptors (Lipinski definition) is 7. The minimum Gasteiger partial charge on any atom is -0.357 e. The number of nitrogens with one attached hydrogen (secondary N) is 2. The van der Waals surface area contributed by atoms with E-state index in [0.29, 0.717) is 17.3 Å². The van der Waals surface area contributed by atoms with Crippen LogP contribution in [0.1, 0.15) is 11.4 Å². The van der Waals surface area contributed by atoms with Crippen LogP contribution < -0.4 is 10.6 Å². The fourth-order valence-corrected chi connectivity index (χ4v) is 1.83. The number of nitro groups is 1. The molecule has 0 aliphatic rings. The van der Waals surface area contributed by atoms with Crippen LogP contribution in [-0.4, -0.2) is 31.7 Å². The molecule has 0 spiro atoms. The fourth-order valence-electron chi connectivity index (χ4n) is 1.83. The van der Waals surface area contributed by atoms with Crippen LogP contribution in [0.2, 0.25) is 0 Å². The number of aromatic nitrogens is 4. The van der Waals surface area contributed by atoms with Gasteiger partial charge in [0.2, 0.25) is 11.8 Å². The summed E-state index contributed by atoms with van der Waals surface area (Å²) in [7, 11) is 3.43. The van der Waals surface area contributed by atoms with Gasteiger partial charge in [0.25, 0.3) is 0 Å². The van der Waals surface area contributed by atoms with E-state index < -0.39 is 4.92 Å². The molecule has 2 heterocycles. The topological polar surface area (TPSA) is 111 Å². The third-order valence-corrected chi connectivity index (χ3v) is 2.73. The molecule has 0 saturated heterocycles. The third kappa shape index (κ3) is 2.51. The van der Waals surface area contributed by atoms with E-state index in [2.05, 4.69) is 25.7 Å². The molecule has 0 saturated carbocycles. The van der Waals surface area contributed by atoms with E-state index in [-0.39, 0.29) is 11.5 Å². The molecular weight excluding hydrogens is 262 g/mol. The normalized spacial score (nSPS) is 10.4. The average Bonchev–Trinajstić information content (AvgIpc) is 2.66. The Labute approximate surface area is 115 Å². The van der Waals surface area contributed by atoms with Crippen LogP contribution >= 0.6 is 0 Å². The monoisotopic (exact) mass is 277 g/mol. The van der Waals surface area contributed by atoms with Crippen molar-refractivity contribution in [2.45, 2.75) is 13.8 Å². The first-order valence-electron chi connectivity index (χ1n) is 5.90. The molecule has 0 aliphatic carbocycles. The van der Waals surface area contributed by atoms with Crippen molar-refractivity contribution in [3.63, 3.8) is 0 Å². The summed E-state index contributed by atoms with van der Waals surface area (Å²) >= 11 is 0. The van der Waals surface area contributed by atoms with Crippen molar-refractivity contribution in [3.05, 3.63) is 27.7 Å². The van der Waals surface area contributed by atoms with Gasteiger partial charge in [0.1, 0.15) is 5.69 Å². The summed E-state index contributed by atoms with van der Waals surface area (Å²) in [5.74, 6) is 0.458. The van der Waals surface area contributed by atoms with Crippen molar-refractivity contribution in [2.75, 3.05) is 17.7 Å². The van der Waals surface area contributed by atoms with Gasteiger partial charge in [0.05, 0.1) is 16.3 Å². The van der Waals surface area contributed by atoms with E-state index in [1.54, 1.807) is 38.8 Å². The molecule has 20 heavy (non-hydrogen) atoms. The zero-order valence-corrected chi connectivity index (χ0v) is 11.6. The zero-order chi connectivity index (χ0) is 14.9. The van der Waals surface area contributed by atoms with Gasteiger partial charge < -0.3 is 10.6 Å². The second-order valence-electron chi connectivity index (χ2n) is 4.26. The second kappa shape index (κ2) is 5.11. The molecule has 9 nitrogen and oxygen atoms in total. The molecule has 0 amide bonds. The van der Waals surface area contributed by atoms with Crippen LogP contribution in [0.4, 0.5) is 23.1 Å². The number of anilines is 3. The molecule has 106 valence electrons. The predicted molar refractivity (Wildman–Crippen MR) is 74.2 cm³/mol. The lowest BCUT2D eigenvalue weighted by molar-refractivity contribution is -0.385. The smallest absolute Gasteiger partial charge is 0.332 e. The highest BCUT2D eigenvalue weighted by Gasteiger charge is 2.22. The fraction of sp³-hybridized carbons (Fsp3) is 0.364. The first kappa shape index (κ1) is 13.7. The van der Waals surface area contributed by atoms with E-state index >= 15 is 0 Å². The lowest BCUT2D eigenvalue weighted by Gasteiger charge is -2.08. The molecule has 2 N–H and O–H groups in total. The van der Waals surface area contributed by atoms with Crippen molar-refractivity contribution < 1.29 is 4.92 Å². The summed E-state index contributed by atoms with van der Waals surface area (Å²) in [5, 5.41) is 21.1. The van der Waals surface area contributed by atoms with Gasteiger partial charge in [0, 0.05) is 20.3 Å². The molecule has 0 atom stereocenters. The lowest BCUT2D eigenvalue weighted by Crippen LogP contribution is -2.07. The van der Waals surface area contributed by atoms with Crippen LogP contribution in [0, 0.1) is 24.0 Å². The van der Waals surface area contributed by atoms with Crippen molar-refractivity contribution in [2.24, 2.45) is 7.05 Å². The summed E-state index contributed by atoms with van der Waals surface area (Å²) in [6.45, 7) is 3.38. The minimum absolute atomic E-state index is 0.142. The van der Waals surface area contributed by atoms with Crippen molar-refractivity contribution in [1.29, 1.82) is 0 Å². The average molecular weight is 277 g/mol. The van der Waals surface area contributed by atoms with E-state index in [1.165, 1.54) is 0 Å². The van der Waals surface area contributed by atoms with E-state index in [4.69, 9.17) is 0 Å². The second-order valence-corrected chi connectivity index (χ2v) is 4.26. The Morgan fingerprint density at radius 2 is 2.00 bits per heavy atom. The highest BCUT2D eigenvalue weighted by Crippen LogP contribution is 2.29. The van der Waals surface area contributed by atoms with Gasteiger partial charge in [-0.05, 0) is 13.8 Å². The molecule has 0 aromatic carbocycles. The Hall–Kier alpha value is -2.71. The van der Waals surface area contributed by atoms with Crippen molar-refractivity contribution in [3.8, 4) is 0 Å². The van der Waals surface area contributed by atoms with E-state index in [1.807, 2.05) is 0 Å². The lowest BCUT2D eigenvalue weighted by atomic mass is 10.3. The minimum atomic E-state index is -0.497. The molecule has 2 rings (SSSR count). The van der Waals surface area contributed by atoms with Gasteiger partial charge in [-0.15, -0.1) is 0 Å². The summed E-state index contributed by atoms with van der Waals surface area (Å²) in [5.41, 5.74) is 1.53. The molecule has 0 unspecified atom stereocenters. The van der Waals surface area contributed by atoms with Gasteiger partial charge in [-0.25, -0.2) is 4.98 Å². The maximum atomic E-state index is 11.2. The van der Waals surface area contributed by atoms with Crippen LogP contribution in [0.5, 0.6) is 0 Å². The van der Waals surface area contributed by atoms with Crippen LogP contribution in [0.3, 0.4) is 0 Å². The third-order valence-electron chi connectivity index (χ3n) is 2.73. The largest absolute Gasteiger partial charge is 0.357 e. The van der Waals surface area contributed by atoms with Crippen molar-refractivity contribution in [1.82, 2.24) is 19.7 Å². The number of aryl methyl sites for hydroxylation is 3. The number of hydrogen-bond donors (Lipinski definition) is 2. The molecule has 0 radical (unpaired) electrons. The predicted octanol–water partition coefficient (Wildman–Crippen LogP) is 1.52. The Kier molecular flexibility index (Phi) is 3.51. The van der Waals surface area contributed by atoms with Crippen LogP contribution in [0.25, 0.3) is 0 Å². The highest BCUT2D eigenvalue weighted by atomic mass is 16.6. The van der Waals surface area contributed by atoms with Gasteiger partial charge in [-0.3, -0.25) is 14.8 Å². The maximum absolute atomic E-state index is 11.2. The molecular formula is C11H15N7O2. The molecule has 2 aromatic heterocycles. The number of rotatable bonds is 4. The maximum Gasteiger partial charge on any atom is 0.332 e. The Morgan fingerprint density at radius 3 is 2.50 bits per heavy atom. The first-order chi connectivity index (χ1) is 9.42. The molecule has 0 aliphatic heterocycles. The Morgan fingerprint density at radius 1 is 1.30 bits per heavy atom. The molecule has 2 aromatic rings. The SMILES string of the molecule is CNc1nc(C)c([N+](=O)[O-])c(Nc2cn(C)nc2C)n1. The summed E-state index contributed by atoms with van der Waals surface area (Å²) in [6, 6.07) is 0. The van der Waals surface area contributed by atoms with E-state index in [0.717, 1.165) is 5.69 Å². The summed E-state index contributed by atoms with van der Waals surface area (Å²) in [4.78, 5) is 18.8.